The molecule has 0 saturated carbocycles. The van der Waals surface area contributed by atoms with E-state index in [1.807, 2.05) is 0 Å². The van der Waals surface area contributed by atoms with Crippen molar-refractivity contribution in [2.75, 3.05) is 6.61 Å². The number of hydrogen-bond donors (Lipinski definition) is 1. The SMILES string of the molecule is Cc1ccc(S(=O)(=O)OC[C@H](O)c2cccc(C(F)(F)F)c2)cc1. The lowest BCUT2D eigenvalue weighted by molar-refractivity contribution is -0.137. The third kappa shape index (κ3) is 4.56. The van der Waals surface area contributed by atoms with Crippen LogP contribution in [0.25, 0.3) is 0 Å². The van der Waals surface area contributed by atoms with Gasteiger partial charge in [0.05, 0.1) is 17.1 Å². The highest BCUT2D eigenvalue weighted by Gasteiger charge is 2.31. The number of aliphatic hydroxyl groups is 1. The summed E-state index contributed by atoms with van der Waals surface area (Å²) in [5.41, 5.74) is -0.151. The van der Waals surface area contributed by atoms with E-state index in [2.05, 4.69) is 0 Å². The Hall–Kier alpha value is -1.90. The van der Waals surface area contributed by atoms with Crippen molar-refractivity contribution in [1.29, 1.82) is 0 Å². The molecule has 0 aliphatic rings. The van der Waals surface area contributed by atoms with E-state index in [0.29, 0.717) is 0 Å². The largest absolute Gasteiger partial charge is 0.416 e. The van der Waals surface area contributed by atoms with Gasteiger partial charge in [-0.2, -0.15) is 21.6 Å². The lowest BCUT2D eigenvalue weighted by Crippen LogP contribution is -2.14. The normalized spacial score (nSPS) is 13.7. The number of aliphatic hydroxyl groups excluding tert-OH is 1. The first kappa shape index (κ1) is 18.4. The summed E-state index contributed by atoms with van der Waals surface area (Å²) in [7, 11) is -4.10. The summed E-state index contributed by atoms with van der Waals surface area (Å²) < 4.78 is 66.7. The van der Waals surface area contributed by atoms with Crippen molar-refractivity contribution in [1.82, 2.24) is 0 Å². The van der Waals surface area contributed by atoms with Gasteiger partial charge in [0.15, 0.2) is 0 Å². The average Bonchev–Trinajstić information content (AvgIpc) is 2.52. The van der Waals surface area contributed by atoms with Crippen LogP contribution in [0.1, 0.15) is 22.8 Å². The first-order chi connectivity index (χ1) is 11.1. The first-order valence-electron chi connectivity index (χ1n) is 6.91. The van der Waals surface area contributed by atoms with Gasteiger partial charge in [-0.3, -0.25) is 4.18 Å². The van der Waals surface area contributed by atoms with Crippen molar-refractivity contribution in [2.45, 2.75) is 24.1 Å². The Morgan fingerprint density at radius 1 is 1.12 bits per heavy atom. The minimum atomic E-state index is -4.55. The molecule has 24 heavy (non-hydrogen) atoms. The number of rotatable bonds is 5. The molecule has 130 valence electrons. The summed E-state index contributed by atoms with van der Waals surface area (Å²) in [5.74, 6) is 0. The zero-order valence-electron chi connectivity index (χ0n) is 12.6. The van der Waals surface area contributed by atoms with E-state index in [-0.39, 0.29) is 10.5 Å². The number of halogens is 3. The summed E-state index contributed by atoms with van der Waals surface area (Å²) in [4.78, 5) is -0.0932. The zero-order valence-corrected chi connectivity index (χ0v) is 13.4. The number of hydrogen-bond acceptors (Lipinski definition) is 4. The van der Waals surface area contributed by atoms with Crippen LogP contribution in [0.4, 0.5) is 13.2 Å². The quantitative estimate of drug-likeness (QED) is 0.830. The highest BCUT2D eigenvalue weighted by atomic mass is 32.2. The first-order valence-corrected chi connectivity index (χ1v) is 8.32. The number of benzene rings is 2. The summed E-state index contributed by atoms with van der Waals surface area (Å²) in [6, 6.07) is 9.88. The van der Waals surface area contributed by atoms with Crippen molar-refractivity contribution in [2.24, 2.45) is 0 Å². The Bertz CT molecular complexity index is 799. The van der Waals surface area contributed by atoms with Crippen LogP contribution in [-0.2, 0) is 20.5 Å². The van der Waals surface area contributed by atoms with Crippen molar-refractivity contribution < 1.29 is 30.9 Å². The smallest absolute Gasteiger partial charge is 0.386 e. The minimum Gasteiger partial charge on any atom is -0.386 e. The van der Waals surface area contributed by atoms with Crippen LogP contribution < -0.4 is 0 Å². The van der Waals surface area contributed by atoms with Crippen molar-refractivity contribution >= 4 is 10.1 Å². The van der Waals surface area contributed by atoms with Gasteiger partial charge < -0.3 is 5.11 Å². The third-order valence-corrected chi connectivity index (χ3v) is 4.59. The molecule has 1 atom stereocenters. The molecule has 0 amide bonds. The molecule has 2 aromatic carbocycles. The molecule has 0 spiro atoms. The standard InChI is InChI=1S/C16H15F3O4S/c1-11-5-7-14(8-6-11)24(21,22)23-10-15(20)12-3-2-4-13(9-12)16(17,18)19/h2-9,15,20H,10H2,1H3/t15-/m0/s1. The van der Waals surface area contributed by atoms with Crippen LogP contribution in [0.5, 0.6) is 0 Å². The van der Waals surface area contributed by atoms with Gasteiger partial charge in [0.1, 0.15) is 6.10 Å². The molecule has 0 aromatic heterocycles. The summed E-state index contributed by atoms with van der Waals surface area (Å²) in [6.07, 6.45) is -6.06. The fraction of sp³-hybridized carbons (Fsp3) is 0.250. The van der Waals surface area contributed by atoms with E-state index < -0.39 is 34.6 Å². The summed E-state index contributed by atoms with van der Waals surface area (Å²) >= 11 is 0. The molecule has 0 saturated heterocycles. The van der Waals surface area contributed by atoms with Crippen LogP contribution in [0.2, 0.25) is 0 Å². The molecular weight excluding hydrogens is 345 g/mol. The zero-order chi connectivity index (χ0) is 18.0. The second kappa shape index (κ2) is 6.92. The molecule has 0 aliphatic carbocycles. The van der Waals surface area contributed by atoms with Gasteiger partial charge in [-0.25, -0.2) is 0 Å². The topological polar surface area (TPSA) is 63.6 Å². The second-order valence-corrected chi connectivity index (χ2v) is 6.81. The number of alkyl halides is 3. The van der Waals surface area contributed by atoms with Gasteiger partial charge in [0.25, 0.3) is 10.1 Å². The van der Waals surface area contributed by atoms with Crippen molar-refractivity contribution in [3.8, 4) is 0 Å². The Morgan fingerprint density at radius 3 is 2.33 bits per heavy atom. The van der Waals surface area contributed by atoms with E-state index in [1.165, 1.54) is 18.2 Å². The molecule has 0 fully saturated rings. The highest BCUT2D eigenvalue weighted by molar-refractivity contribution is 7.86. The van der Waals surface area contributed by atoms with Crippen molar-refractivity contribution in [3.63, 3.8) is 0 Å². The molecule has 0 unspecified atom stereocenters. The van der Waals surface area contributed by atoms with Crippen LogP contribution in [0, 0.1) is 6.92 Å². The molecular formula is C16H15F3O4S. The maximum atomic E-state index is 12.7. The molecule has 4 nitrogen and oxygen atoms in total. The Labute approximate surface area is 137 Å². The summed E-state index contributed by atoms with van der Waals surface area (Å²) in [5, 5.41) is 9.91. The number of aryl methyl sites for hydroxylation is 1. The minimum absolute atomic E-state index is 0.0797. The van der Waals surface area contributed by atoms with Crippen LogP contribution in [-0.4, -0.2) is 20.1 Å². The van der Waals surface area contributed by atoms with E-state index in [0.717, 1.165) is 23.8 Å². The Morgan fingerprint density at radius 2 is 1.75 bits per heavy atom. The van der Waals surface area contributed by atoms with E-state index in [1.54, 1.807) is 19.1 Å². The lowest BCUT2D eigenvalue weighted by atomic mass is 10.1. The van der Waals surface area contributed by atoms with Crippen LogP contribution >= 0.6 is 0 Å². The fourth-order valence-corrected chi connectivity index (χ4v) is 2.86. The lowest BCUT2D eigenvalue weighted by Gasteiger charge is -2.14. The molecule has 0 radical (unpaired) electrons. The van der Waals surface area contributed by atoms with Gasteiger partial charge in [-0.05, 0) is 36.8 Å². The third-order valence-electron chi connectivity index (χ3n) is 3.29. The molecule has 0 aliphatic heterocycles. The molecule has 2 rings (SSSR count). The molecule has 8 heteroatoms. The van der Waals surface area contributed by atoms with E-state index in [9.17, 15) is 26.7 Å². The van der Waals surface area contributed by atoms with Crippen LogP contribution in [0.15, 0.2) is 53.4 Å². The maximum Gasteiger partial charge on any atom is 0.416 e. The molecule has 1 N–H and O–H groups in total. The monoisotopic (exact) mass is 360 g/mol. The predicted octanol–water partition coefficient (Wildman–Crippen LogP) is 3.45. The van der Waals surface area contributed by atoms with Gasteiger partial charge in [0.2, 0.25) is 0 Å². The van der Waals surface area contributed by atoms with E-state index >= 15 is 0 Å². The van der Waals surface area contributed by atoms with Crippen LogP contribution in [0.3, 0.4) is 0 Å². The maximum absolute atomic E-state index is 12.7. The molecule has 0 heterocycles. The second-order valence-electron chi connectivity index (χ2n) is 5.19. The van der Waals surface area contributed by atoms with Gasteiger partial charge >= 0.3 is 6.18 Å². The highest BCUT2D eigenvalue weighted by Crippen LogP contribution is 2.31. The Balaban J connectivity index is 2.10. The van der Waals surface area contributed by atoms with E-state index in [4.69, 9.17) is 4.18 Å². The van der Waals surface area contributed by atoms with Gasteiger partial charge in [0, 0.05) is 0 Å². The van der Waals surface area contributed by atoms with Gasteiger partial charge in [-0.1, -0.05) is 29.8 Å². The van der Waals surface area contributed by atoms with Gasteiger partial charge in [-0.15, -0.1) is 0 Å². The molecule has 2 aromatic rings. The average molecular weight is 360 g/mol. The Kier molecular flexibility index (Phi) is 5.32. The predicted molar refractivity (Wildman–Crippen MR) is 80.7 cm³/mol. The fourth-order valence-electron chi connectivity index (χ4n) is 1.95. The molecule has 0 bridgehead atoms. The van der Waals surface area contributed by atoms with Crippen molar-refractivity contribution in [3.05, 3.63) is 65.2 Å². The summed E-state index contributed by atoms with van der Waals surface area (Å²) in [6.45, 7) is 1.10.